The number of anilines is 1. The highest BCUT2D eigenvalue weighted by atomic mass is 35.5. The molecule has 1 saturated carbocycles. The molecule has 1 amide bonds. The normalized spacial score (nSPS) is 32.2. The van der Waals surface area contributed by atoms with Gasteiger partial charge in [-0.1, -0.05) is 36.7 Å². The predicted octanol–water partition coefficient (Wildman–Crippen LogP) is 6.17. The fraction of sp³-hybridized carbons (Fsp3) is 0.516. The maximum atomic E-state index is 13.1. The molecule has 2 aliphatic carbocycles. The first-order valence-corrected chi connectivity index (χ1v) is 15.4. The van der Waals surface area contributed by atoms with Crippen molar-refractivity contribution in [2.75, 3.05) is 30.3 Å². The molecule has 5 nitrogen and oxygen atoms in total. The van der Waals surface area contributed by atoms with Crippen LogP contribution in [0.1, 0.15) is 60.5 Å². The Labute approximate surface area is 235 Å². The average molecular weight is 553 g/mol. The molecule has 5 atom stereocenters. The first-order valence-electron chi connectivity index (χ1n) is 14.0. The number of amides is 1. The van der Waals surface area contributed by atoms with E-state index in [1.165, 1.54) is 23.1 Å². The van der Waals surface area contributed by atoms with Crippen LogP contribution in [0, 0.1) is 17.8 Å². The lowest BCUT2D eigenvalue weighted by Gasteiger charge is -2.45. The number of halogens is 1. The lowest BCUT2D eigenvalue weighted by Crippen LogP contribution is -2.49. The number of hydrogen-bond donors (Lipinski definition) is 2. The van der Waals surface area contributed by atoms with Gasteiger partial charge in [0.1, 0.15) is 5.75 Å². The van der Waals surface area contributed by atoms with Crippen molar-refractivity contribution in [3.8, 4) is 5.75 Å². The number of ether oxygens (including phenoxy) is 1. The van der Waals surface area contributed by atoms with Crippen LogP contribution in [-0.2, 0) is 11.8 Å². The molecule has 0 aromatic heterocycles. The summed E-state index contributed by atoms with van der Waals surface area (Å²) in [7, 11) is 0. The van der Waals surface area contributed by atoms with Crippen molar-refractivity contribution in [2.45, 2.75) is 57.0 Å². The highest BCUT2D eigenvalue weighted by Crippen LogP contribution is 2.46. The maximum Gasteiger partial charge on any atom is 0.261 e. The van der Waals surface area contributed by atoms with Crippen LogP contribution >= 0.6 is 23.5 Å². The first-order chi connectivity index (χ1) is 18.4. The molecule has 1 fully saturated rings. The summed E-state index contributed by atoms with van der Waals surface area (Å²) in [6.07, 6.45) is 9.94. The number of fused-ring (bicyclic) bond motifs is 4. The predicted molar refractivity (Wildman–Crippen MR) is 155 cm³/mol. The third kappa shape index (κ3) is 5.07. The second-order valence-electron chi connectivity index (χ2n) is 11.8. The van der Waals surface area contributed by atoms with Crippen LogP contribution in [0.5, 0.6) is 5.75 Å². The number of benzene rings is 2. The summed E-state index contributed by atoms with van der Waals surface area (Å²) in [5, 5.41) is 11.8. The molecule has 7 heteroatoms. The van der Waals surface area contributed by atoms with Gasteiger partial charge >= 0.3 is 0 Å². The molecule has 0 saturated heterocycles. The minimum Gasteiger partial charge on any atom is -0.490 e. The van der Waals surface area contributed by atoms with Crippen molar-refractivity contribution in [1.29, 1.82) is 0 Å². The average Bonchev–Trinajstić information content (AvgIpc) is 3.03. The second-order valence-corrected chi connectivity index (χ2v) is 13.1. The van der Waals surface area contributed by atoms with Gasteiger partial charge in [0.25, 0.3) is 5.91 Å². The summed E-state index contributed by atoms with van der Waals surface area (Å²) < 4.78 is 9.61. The van der Waals surface area contributed by atoms with Gasteiger partial charge in [-0.25, -0.2) is 0 Å². The quantitative estimate of drug-likeness (QED) is 0.302. The van der Waals surface area contributed by atoms with Gasteiger partial charge < -0.3 is 14.7 Å². The number of rotatable bonds is 0. The Hall–Kier alpha value is -2.15. The zero-order valence-corrected chi connectivity index (χ0v) is 23.6. The number of carbonyl (C=O) groups excluding carboxylic acids is 1. The summed E-state index contributed by atoms with van der Waals surface area (Å²) in [6, 6.07) is 12.2. The van der Waals surface area contributed by atoms with Crippen LogP contribution < -0.4 is 14.4 Å². The molecule has 6 rings (SSSR count). The maximum absolute atomic E-state index is 13.1. The Balaban J connectivity index is 1.39. The van der Waals surface area contributed by atoms with Crippen molar-refractivity contribution >= 4 is 35.1 Å². The summed E-state index contributed by atoms with van der Waals surface area (Å²) in [5.74, 6) is 2.65. The lowest BCUT2D eigenvalue weighted by atomic mass is 9.68. The van der Waals surface area contributed by atoms with Crippen LogP contribution in [0.15, 0.2) is 48.6 Å². The monoisotopic (exact) mass is 552 g/mol. The molecule has 1 spiro atoms. The van der Waals surface area contributed by atoms with Crippen LogP contribution in [0.2, 0.25) is 5.02 Å². The fourth-order valence-electron chi connectivity index (χ4n) is 6.78. The molecule has 0 unspecified atom stereocenters. The van der Waals surface area contributed by atoms with Gasteiger partial charge in [0.15, 0.2) is 0 Å². The largest absolute Gasteiger partial charge is 0.490 e. The molecule has 2 bridgehead atoms. The molecular formula is C31H37ClN2O3S. The minimum atomic E-state index is -0.415. The molecule has 2 aromatic carbocycles. The SMILES string of the molecule is C[C@H]1C/C=C/[C@H](O)[C@@H]2CC[C@H]2CN2C[C@@]3(CCCc4cc(Cl)ccc43)COc3ccc(cc32)C(=O)NSC1. The van der Waals surface area contributed by atoms with Crippen molar-refractivity contribution in [2.24, 2.45) is 17.8 Å². The van der Waals surface area contributed by atoms with Gasteiger partial charge in [0, 0.05) is 34.8 Å². The van der Waals surface area contributed by atoms with E-state index in [0.717, 1.165) is 73.8 Å². The lowest BCUT2D eigenvalue weighted by molar-refractivity contribution is 0.0456. The third-order valence-electron chi connectivity index (χ3n) is 9.07. The Kier molecular flexibility index (Phi) is 7.41. The molecule has 2 aliphatic heterocycles. The van der Waals surface area contributed by atoms with Crippen LogP contribution in [0.3, 0.4) is 0 Å². The van der Waals surface area contributed by atoms with E-state index in [-0.39, 0.29) is 17.2 Å². The Bertz CT molecular complexity index is 1240. The number of aryl methyl sites for hydroxylation is 1. The Morgan fingerprint density at radius 1 is 1.21 bits per heavy atom. The number of aliphatic hydroxyl groups excluding tert-OH is 1. The van der Waals surface area contributed by atoms with E-state index in [4.69, 9.17) is 16.3 Å². The van der Waals surface area contributed by atoms with Gasteiger partial charge in [-0.3, -0.25) is 9.52 Å². The molecule has 202 valence electrons. The Morgan fingerprint density at radius 3 is 2.95 bits per heavy atom. The van der Waals surface area contributed by atoms with Crippen molar-refractivity contribution in [1.82, 2.24) is 4.72 Å². The van der Waals surface area contributed by atoms with Gasteiger partial charge in [0.2, 0.25) is 0 Å². The first kappa shape index (κ1) is 26.1. The number of carbonyl (C=O) groups is 1. The summed E-state index contributed by atoms with van der Waals surface area (Å²) in [4.78, 5) is 15.6. The highest BCUT2D eigenvalue weighted by Gasteiger charge is 2.44. The second kappa shape index (κ2) is 10.8. The standard InChI is InChI=1S/C31H37ClN2O3S/c1-20-4-2-6-28(35)25-10-7-23(25)16-34-18-31(13-3-5-21-14-24(32)9-11-26(21)31)19-37-29-12-8-22(15-27(29)34)30(36)33-38-17-20/h2,6,8-9,11-12,14-15,20,23,25,28,35H,3-5,7,10,13,16-19H2,1H3,(H,33,36)/b6-2+/t20-,23-,25+,28-,31-/m0/s1. The van der Waals surface area contributed by atoms with E-state index in [9.17, 15) is 9.90 Å². The smallest absolute Gasteiger partial charge is 0.261 e. The third-order valence-corrected chi connectivity index (χ3v) is 10.4. The van der Waals surface area contributed by atoms with Crippen LogP contribution in [-0.4, -0.2) is 42.6 Å². The van der Waals surface area contributed by atoms with Crippen molar-refractivity contribution < 1.29 is 14.6 Å². The summed E-state index contributed by atoms with van der Waals surface area (Å²) in [5.41, 5.74) is 4.15. The van der Waals surface area contributed by atoms with E-state index < -0.39 is 6.10 Å². The van der Waals surface area contributed by atoms with Gasteiger partial charge in [-0.15, -0.1) is 0 Å². The fourth-order valence-corrected chi connectivity index (χ4v) is 7.73. The molecule has 38 heavy (non-hydrogen) atoms. The molecular weight excluding hydrogens is 516 g/mol. The molecule has 4 aliphatic rings. The van der Waals surface area contributed by atoms with E-state index in [1.54, 1.807) is 0 Å². The molecule has 2 heterocycles. The summed E-state index contributed by atoms with van der Waals surface area (Å²) in [6.45, 7) is 4.44. The number of aliphatic hydroxyl groups is 1. The minimum absolute atomic E-state index is 0.0684. The number of allylic oxidation sites excluding steroid dienone is 1. The van der Waals surface area contributed by atoms with Crippen molar-refractivity contribution in [3.05, 3.63) is 70.3 Å². The zero-order valence-electron chi connectivity index (χ0n) is 22.0. The number of nitrogens with one attached hydrogen (secondary N) is 1. The van der Waals surface area contributed by atoms with E-state index in [0.29, 0.717) is 24.0 Å². The van der Waals surface area contributed by atoms with Crippen molar-refractivity contribution in [3.63, 3.8) is 0 Å². The Morgan fingerprint density at radius 2 is 2.11 bits per heavy atom. The number of hydrogen-bond acceptors (Lipinski definition) is 5. The van der Waals surface area contributed by atoms with Crippen LogP contribution in [0.25, 0.3) is 0 Å². The van der Waals surface area contributed by atoms with Gasteiger partial charge in [0.05, 0.1) is 18.4 Å². The highest BCUT2D eigenvalue weighted by molar-refractivity contribution is 7.97. The van der Waals surface area contributed by atoms with E-state index in [2.05, 4.69) is 34.8 Å². The van der Waals surface area contributed by atoms with Gasteiger partial charge in [-0.05, 0) is 110 Å². The van der Waals surface area contributed by atoms with Gasteiger partial charge in [-0.2, -0.15) is 0 Å². The van der Waals surface area contributed by atoms with Crippen LogP contribution in [0.4, 0.5) is 5.69 Å². The molecule has 0 radical (unpaired) electrons. The summed E-state index contributed by atoms with van der Waals surface area (Å²) >= 11 is 7.85. The zero-order chi connectivity index (χ0) is 26.3. The van der Waals surface area contributed by atoms with E-state index >= 15 is 0 Å². The van der Waals surface area contributed by atoms with E-state index in [1.807, 2.05) is 30.3 Å². The topological polar surface area (TPSA) is 61.8 Å². The molecule has 2 N–H and O–H groups in total. The number of nitrogens with zero attached hydrogens (tertiary/aromatic N) is 1. The molecule has 2 aromatic rings.